The Morgan fingerprint density at radius 3 is 2.80 bits per heavy atom. The van der Waals surface area contributed by atoms with E-state index < -0.39 is 17.8 Å². The lowest BCUT2D eigenvalue weighted by Gasteiger charge is -2.19. The molecule has 1 fully saturated rings. The fourth-order valence-corrected chi connectivity index (χ4v) is 2.33. The molecule has 1 saturated carbocycles. The molecule has 0 aliphatic heterocycles. The van der Waals surface area contributed by atoms with Crippen LogP contribution in [-0.2, 0) is 9.59 Å². The fourth-order valence-electron chi connectivity index (χ4n) is 2.33. The lowest BCUT2D eigenvalue weighted by atomic mass is 9.87. The summed E-state index contributed by atoms with van der Waals surface area (Å²) in [6.45, 7) is 0. The largest absolute Gasteiger partial charge is 0.481 e. The average Bonchev–Trinajstić information content (AvgIpc) is 3.19. The van der Waals surface area contributed by atoms with Crippen LogP contribution in [0.5, 0.6) is 0 Å². The molecule has 1 aromatic heterocycles. The first-order valence-corrected chi connectivity index (χ1v) is 6.73. The van der Waals surface area contributed by atoms with Gasteiger partial charge in [0, 0.05) is 11.5 Å². The summed E-state index contributed by atoms with van der Waals surface area (Å²) < 4.78 is 5.34. The highest BCUT2D eigenvalue weighted by Gasteiger charge is 2.32. The van der Waals surface area contributed by atoms with Gasteiger partial charge in [0.1, 0.15) is 0 Å². The Morgan fingerprint density at radius 1 is 1.30 bits per heavy atom. The number of aliphatic carboxylic acids is 1. The van der Waals surface area contributed by atoms with E-state index in [2.05, 4.69) is 15.5 Å². The van der Waals surface area contributed by atoms with Gasteiger partial charge in [0.2, 0.25) is 5.89 Å². The molecule has 1 aromatic rings. The molecule has 1 heterocycles. The summed E-state index contributed by atoms with van der Waals surface area (Å²) in [6.07, 6.45) is 5.70. The molecule has 2 N–H and O–H groups in total. The van der Waals surface area contributed by atoms with E-state index in [-0.39, 0.29) is 11.6 Å². The molecular formula is C13H15N3O4. The first-order valence-electron chi connectivity index (χ1n) is 6.73. The van der Waals surface area contributed by atoms with Crippen molar-refractivity contribution in [3.8, 4) is 0 Å². The van der Waals surface area contributed by atoms with Crippen LogP contribution in [0.3, 0.4) is 0 Å². The van der Waals surface area contributed by atoms with Crippen molar-refractivity contribution < 1.29 is 19.1 Å². The van der Waals surface area contributed by atoms with E-state index in [9.17, 15) is 9.59 Å². The smallest absolute Gasteiger partial charge is 0.322 e. The molecule has 0 bridgehead atoms. The highest BCUT2D eigenvalue weighted by atomic mass is 16.4. The number of anilines is 1. The summed E-state index contributed by atoms with van der Waals surface area (Å²) >= 11 is 0. The molecule has 1 atom stereocenters. The van der Waals surface area contributed by atoms with Crippen molar-refractivity contribution in [1.82, 2.24) is 10.2 Å². The number of nitrogens with zero attached hydrogens (tertiary/aromatic N) is 2. The number of carboxylic acid groups (broad SMARTS) is 1. The highest BCUT2D eigenvalue weighted by molar-refractivity contribution is 6.06. The summed E-state index contributed by atoms with van der Waals surface area (Å²) in [5, 5.41) is 19.2. The summed E-state index contributed by atoms with van der Waals surface area (Å²) in [5.41, 5.74) is 0.273. The van der Waals surface area contributed by atoms with Crippen molar-refractivity contribution in [1.29, 1.82) is 0 Å². The third-order valence-electron chi connectivity index (χ3n) is 3.58. The van der Waals surface area contributed by atoms with Crippen molar-refractivity contribution >= 4 is 17.9 Å². The van der Waals surface area contributed by atoms with Crippen molar-refractivity contribution in [2.24, 2.45) is 5.92 Å². The molecule has 7 nitrogen and oxygen atoms in total. The SMILES string of the molecule is O=C(Nc1nnc(C2CC2)o1)C1=CCCCC1C(=O)O. The van der Waals surface area contributed by atoms with E-state index >= 15 is 0 Å². The molecule has 3 rings (SSSR count). The number of carbonyl (C=O) groups excluding carboxylic acids is 1. The van der Waals surface area contributed by atoms with Gasteiger partial charge in [-0.05, 0) is 32.1 Å². The van der Waals surface area contributed by atoms with Crippen LogP contribution in [0.1, 0.15) is 43.9 Å². The molecule has 0 saturated heterocycles. The maximum absolute atomic E-state index is 12.1. The molecule has 1 amide bonds. The standard InChI is InChI=1S/C13H15N3O4/c17-10(8-3-1-2-4-9(8)12(18)19)14-13-16-15-11(20-13)7-5-6-7/h3,7,9H,1-2,4-6H2,(H,18,19)(H,14,16,17). The van der Waals surface area contributed by atoms with Gasteiger partial charge in [0.15, 0.2) is 0 Å². The Balaban J connectivity index is 1.70. The van der Waals surface area contributed by atoms with Crippen LogP contribution in [0.25, 0.3) is 0 Å². The number of aromatic nitrogens is 2. The van der Waals surface area contributed by atoms with Crippen LogP contribution in [0.2, 0.25) is 0 Å². The number of carbonyl (C=O) groups is 2. The van der Waals surface area contributed by atoms with Gasteiger partial charge in [-0.15, -0.1) is 5.10 Å². The number of carboxylic acids is 1. The second-order valence-electron chi connectivity index (χ2n) is 5.16. The normalized spacial score (nSPS) is 22.2. The topological polar surface area (TPSA) is 105 Å². The Hall–Kier alpha value is -2.18. The molecular weight excluding hydrogens is 262 g/mol. The van der Waals surface area contributed by atoms with E-state index in [0.29, 0.717) is 24.7 Å². The van der Waals surface area contributed by atoms with Crippen molar-refractivity contribution in [3.05, 3.63) is 17.5 Å². The second-order valence-corrected chi connectivity index (χ2v) is 5.16. The molecule has 1 unspecified atom stereocenters. The summed E-state index contributed by atoms with van der Waals surface area (Å²) in [7, 11) is 0. The molecule has 0 radical (unpaired) electrons. The fraction of sp³-hybridized carbons (Fsp3) is 0.538. The Bertz CT molecular complexity index is 574. The maximum atomic E-state index is 12.1. The van der Waals surface area contributed by atoms with Crippen LogP contribution in [0.15, 0.2) is 16.1 Å². The predicted molar refractivity (Wildman–Crippen MR) is 68.0 cm³/mol. The number of nitrogens with one attached hydrogen (secondary N) is 1. The van der Waals surface area contributed by atoms with Crippen LogP contribution in [0.4, 0.5) is 6.01 Å². The first-order chi connectivity index (χ1) is 9.65. The van der Waals surface area contributed by atoms with Gasteiger partial charge in [0.05, 0.1) is 5.92 Å². The second kappa shape index (κ2) is 5.07. The summed E-state index contributed by atoms with van der Waals surface area (Å²) in [4.78, 5) is 23.3. The van der Waals surface area contributed by atoms with Crippen molar-refractivity contribution in [2.75, 3.05) is 5.32 Å². The zero-order valence-corrected chi connectivity index (χ0v) is 10.8. The Morgan fingerprint density at radius 2 is 2.10 bits per heavy atom. The van der Waals surface area contributed by atoms with Crippen LogP contribution < -0.4 is 5.32 Å². The zero-order chi connectivity index (χ0) is 14.1. The van der Waals surface area contributed by atoms with Crippen molar-refractivity contribution in [3.63, 3.8) is 0 Å². The monoisotopic (exact) mass is 277 g/mol. The van der Waals surface area contributed by atoms with Gasteiger partial charge in [0.25, 0.3) is 5.91 Å². The number of allylic oxidation sites excluding steroid dienone is 1. The van der Waals surface area contributed by atoms with E-state index in [1.807, 2.05) is 0 Å². The third-order valence-corrected chi connectivity index (χ3v) is 3.58. The molecule has 106 valence electrons. The number of amides is 1. The number of rotatable bonds is 4. The minimum absolute atomic E-state index is 0.0347. The average molecular weight is 277 g/mol. The minimum atomic E-state index is -0.977. The van der Waals surface area contributed by atoms with Gasteiger partial charge in [-0.2, -0.15) is 0 Å². The molecule has 0 aromatic carbocycles. The van der Waals surface area contributed by atoms with Gasteiger partial charge >= 0.3 is 12.0 Å². The quantitative estimate of drug-likeness (QED) is 0.867. The lowest BCUT2D eigenvalue weighted by Crippen LogP contribution is -2.27. The van der Waals surface area contributed by atoms with Gasteiger partial charge in [-0.1, -0.05) is 11.2 Å². The van der Waals surface area contributed by atoms with Crippen LogP contribution in [0, 0.1) is 5.92 Å². The third kappa shape index (κ3) is 2.56. The van der Waals surface area contributed by atoms with Crippen molar-refractivity contribution in [2.45, 2.75) is 38.0 Å². The van der Waals surface area contributed by atoms with E-state index in [1.54, 1.807) is 6.08 Å². The minimum Gasteiger partial charge on any atom is -0.481 e. The molecule has 0 spiro atoms. The van der Waals surface area contributed by atoms with Gasteiger partial charge in [-0.25, -0.2) is 0 Å². The summed E-state index contributed by atoms with van der Waals surface area (Å²) in [5.74, 6) is -1.35. The van der Waals surface area contributed by atoms with Gasteiger partial charge < -0.3 is 9.52 Å². The lowest BCUT2D eigenvalue weighted by molar-refractivity contribution is -0.141. The van der Waals surface area contributed by atoms with E-state index in [0.717, 1.165) is 19.3 Å². The first kappa shape index (κ1) is 12.8. The molecule has 2 aliphatic rings. The summed E-state index contributed by atoms with van der Waals surface area (Å²) in [6, 6.07) is 0.0347. The highest BCUT2D eigenvalue weighted by Crippen LogP contribution is 2.39. The molecule has 20 heavy (non-hydrogen) atoms. The van der Waals surface area contributed by atoms with Crippen LogP contribution >= 0.6 is 0 Å². The van der Waals surface area contributed by atoms with E-state index in [4.69, 9.17) is 9.52 Å². The number of hydrogen-bond acceptors (Lipinski definition) is 5. The Labute approximate surface area is 115 Å². The molecule has 7 heteroatoms. The maximum Gasteiger partial charge on any atom is 0.322 e. The zero-order valence-electron chi connectivity index (χ0n) is 10.8. The van der Waals surface area contributed by atoms with E-state index in [1.165, 1.54) is 0 Å². The molecule has 2 aliphatic carbocycles. The number of hydrogen-bond donors (Lipinski definition) is 2. The van der Waals surface area contributed by atoms with Crippen LogP contribution in [-0.4, -0.2) is 27.2 Å². The Kier molecular flexibility index (Phi) is 3.25. The van der Waals surface area contributed by atoms with Gasteiger partial charge in [-0.3, -0.25) is 14.9 Å². The predicted octanol–water partition coefficient (Wildman–Crippen LogP) is 1.70.